The Hall–Kier alpha value is -2.41. The van der Waals surface area contributed by atoms with E-state index in [1.54, 1.807) is 25.4 Å². The molecule has 0 amide bonds. The number of hydrogen-bond donors (Lipinski definition) is 1. The lowest BCUT2D eigenvalue weighted by molar-refractivity contribution is 0.371. The summed E-state index contributed by atoms with van der Waals surface area (Å²) in [5, 5.41) is 12.0. The topological polar surface area (TPSA) is 67.6 Å². The number of pyridine rings is 1. The molecular formula is C19H22FIN6. The van der Waals surface area contributed by atoms with Crippen molar-refractivity contribution in [2.75, 3.05) is 38.1 Å². The van der Waals surface area contributed by atoms with Crippen molar-refractivity contribution in [1.29, 1.82) is 5.26 Å². The third-order valence-corrected chi connectivity index (χ3v) is 4.38. The maximum Gasteiger partial charge on any atom is 0.194 e. The standard InChI is InChI=1S/C19H21FN6.HI/c1-22-19(24-14-16-6-5-15(13-21)12-17(16)20)26-10-8-25(9-11-26)18-4-2-3-7-23-18;/h2-7,12H,8-11,14H2,1H3,(H,22,24);1H. The summed E-state index contributed by atoms with van der Waals surface area (Å²) >= 11 is 0. The maximum absolute atomic E-state index is 14.0. The molecule has 2 heterocycles. The minimum atomic E-state index is -0.382. The Kier molecular flexibility index (Phi) is 7.79. The van der Waals surface area contributed by atoms with E-state index >= 15 is 0 Å². The highest BCUT2D eigenvalue weighted by atomic mass is 127. The molecular weight excluding hydrogens is 458 g/mol. The number of benzene rings is 1. The molecule has 0 bridgehead atoms. The molecule has 1 aromatic heterocycles. The van der Waals surface area contributed by atoms with Crippen molar-refractivity contribution in [1.82, 2.24) is 15.2 Å². The third-order valence-electron chi connectivity index (χ3n) is 4.38. The normalized spacial score (nSPS) is 14.3. The van der Waals surface area contributed by atoms with E-state index in [1.807, 2.05) is 24.3 Å². The van der Waals surface area contributed by atoms with E-state index in [-0.39, 0.29) is 29.8 Å². The van der Waals surface area contributed by atoms with Crippen molar-refractivity contribution in [3.8, 4) is 6.07 Å². The number of anilines is 1. The number of guanidine groups is 1. The Morgan fingerprint density at radius 1 is 1.26 bits per heavy atom. The van der Waals surface area contributed by atoms with Gasteiger partial charge < -0.3 is 15.1 Å². The van der Waals surface area contributed by atoms with Crippen molar-refractivity contribution in [3.05, 3.63) is 59.5 Å². The lowest BCUT2D eigenvalue weighted by Gasteiger charge is -2.37. The van der Waals surface area contributed by atoms with Crippen molar-refractivity contribution < 1.29 is 4.39 Å². The monoisotopic (exact) mass is 480 g/mol. The Bertz CT molecular complexity index is 813. The minimum Gasteiger partial charge on any atom is -0.353 e. The maximum atomic E-state index is 14.0. The second-order valence-corrected chi connectivity index (χ2v) is 5.98. The molecule has 1 N–H and O–H groups in total. The highest BCUT2D eigenvalue weighted by Gasteiger charge is 2.20. The zero-order valence-electron chi connectivity index (χ0n) is 15.1. The number of rotatable bonds is 3. The molecule has 1 fully saturated rings. The van der Waals surface area contributed by atoms with Crippen molar-refractivity contribution in [2.45, 2.75) is 6.54 Å². The van der Waals surface area contributed by atoms with Crippen LogP contribution in [-0.2, 0) is 6.54 Å². The molecule has 0 aliphatic carbocycles. The van der Waals surface area contributed by atoms with Gasteiger partial charge in [-0.15, -0.1) is 24.0 Å². The first-order valence-corrected chi connectivity index (χ1v) is 8.51. The third kappa shape index (κ3) is 5.29. The molecule has 0 saturated carbocycles. The molecule has 1 aliphatic rings. The van der Waals surface area contributed by atoms with Crippen LogP contribution in [-0.4, -0.2) is 49.1 Å². The fraction of sp³-hybridized carbons (Fsp3) is 0.316. The Morgan fingerprint density at radius 3 is 2.63 bits per heavy atom. The first-order valence-electron chi connectivity index (χ1n) is 8.51. The van der Waals surface area contributed by atoms with Crippen LogP contribution < -0.4 is 10.2 Å². The van der Waals surface area contributed by atoms with Crippen molar-refractivity contribution in [2.24, 2.45) is 4.99 Å². The predicted molar refractivity (Wildman–Crippen MR) is 115 cm³/mol. The number of piperazine rings is 1. The van der Waals surface area contributed by atoms with Gasteiger partial charge in [0.05, 0.1) is 11.6 Å². The van der Waals surface area contributed by atoms with Crippen molar-refractivity contribution in [3.63, 3.8) is 0 Å². The summed E-state index contributed by atoms with van der Waals surface area (Å²) in [4.78, 5) is 13.1. The number of aromatic nitrogens is 1. The lowest BCUT2D eigenvalue weighted by Crippen LogP contribution is -2.52. The quantitative estimate of drug-likeness (QED) is 0.416. The summed E-state index contributed by atoms with van der Waals surface area (Å²) in [7, 11) is 1.72. The van der Waals surface area contributed by atoms with Gasteiger partial charge in [0, 0.05) is 51.5 Å². The molecule has 0 spiro atoms. The highest BCUT2D eigenvalue weighted by molar-refractivity contribution is 14.0. The zero-order chi connectivity index (χ0) is 18.4. The van der Waals surface area contributed by atoms with E-state index in [2.05, 4.69) is 25.1 Å². The van der Waals surface area contributed by atoms with Gasteiger partial charge in [0.25, 0.3) is 0 Å². The number of nitrogens with zero attached hydrogens (tertiary/aromatic N) is 5. The van der Waals surface area contributed by atoms with Crippen LogP contribution >= 0.6 is 24.0 Å². The molecule has 27 heavy (non-hydrogen) atoms. The molecule has 142 valence electrons. The van der Waals surface area contributed by atoms with Crippen LogP contribution in [0.2, 0.25) is 0 Å². The number of halogens is 2. The van der Waals surface area contributed by atoms with E-state index in [0.717, 1.165) is 38.0 Å². The van der Waals surface area contributed by atoms with E-state index in [4.69, 9.17) is 5.26 Å². The molecule has 1 saturated heterocycles. The highest BCUT2D eigenvalue weighted by Crippen LogP contribution is 2.13. The van der Waals surface area contributed by atoms with Gasteiger partial charge in [-0.05, 0) is 24.3 Å². The minimum absolute atomic E-state index is 0. The number of aliphatic imine (C=N–C) groups is 1. The Morgan fingerprint density at radius 2 is 2.04 bits per heavy atom. The summed E-state index contributed by atoms with van der Waals surface area (Å²) in [6.45, 7) is 3.65. The van der Waals surface area contributed by atoms with E-state index in [9.17, 15) is 4.39 Å². The van der Waals surface area contributed by atoms with Gasteiger partial charge in [-0.3, -0.25) is 4.99 Å². The largest absolute Gasteiger partial charge is 0.353 e. The SMILES string of the molecule is CN=C(NCc1ccc(C#N)cc1F)N1CCN(c2ccccn2)CC1.I. The average Bonchev–Trinajstić information content (AvgIpc) is 2.70. The zero-order valence-corrected chi connectivity index (χ0v) is 17.4. The Balaban J connectivity index is 0.00000261. The van der Waals surface area contributed by atoms with Gasteiger partial charge in [0.1, 0.15) is 11.6 Å². The predicted octanol–water partition coefficient (Wildman–Crippen LogP) is 2.61. The van der Waals surface area contributed by atoms with E-state index in [0.29, 0.717) is 17.7 Å². The molecule has 0 unspecified atom stereocenters. The fourth-order valence-electron chi connectivity index (χ4n) is 2.95. The molecule has 3 rings (SSSR count). The van der Waals surface area contributed by atoms with Crippen LogP contribution in [0.1, 0.15) is 11.1 Å². The molecule has 8 heteroatoms. The molecule has 2 aromatic rings. The first-order chi connectivity index (χ1) is 12.7. The van der Waals surface area contributed by atoms with Crippen molar-refractivity contribution >= 4 is 35.8 Å². The smallest absolute Gasteiger partial charge is 0.194 e. The van der Waals surface area contributed by atoms with Crippen LogP contribution in [0.5, 0.6) is 0 Å². The first kappa shape index (κ1) is 20.9. The molecule has 0 atom stereocenters. The second-order valence-electron chi connectivity index (χ2n) is 5.98. The van der Waals surface area contributed by atoms with Crippen LogP contribution in [0.15, 0.2) is 47.6 Å². The summed E-state index contributed by atoms with van der Waals surface area (Å²) in [5.74, 6) is 1.34. The van der Waals surface area contributed by atoms with Gasteiger partial charge in [-0.25, -0.2) is 9.37 Å². The number of nitrogens with one attached hydrogen (secondary N) is 1. The fourth-order valence-corrected chi connectivity index (χ4v) is 2.95. The van der Waals surface area contributed by atoms with E-state index in [1.165, 1.54) is 6.07 Å². The van der Waals surface area contributed by atoms with Crippen LogP contribution in [0.4, 0.5) is 10.2 Å². The molecule has 1 aromatic carbocycles. The van der Waals surface area contributed by atoms with Gasteiger partial charge in [0.2, 0.25) is 0 Å². The molecule has 6 nitrogen and oxygen atoms in total. The summed E-state index contributed by atoms with van der Waals surface area (Å²) < 4.78 is 14.0. The van der Waals surface area contributed by atoms with Gasteiger partial charge in [-0.2, -0.15) is 5.26 Å². The summed E-state index contributed by atoms with van der Waals surface area (Å²) in [5.41, 5.74) is 0.832. The van der Waals surface area contributed by atoms with Crippen LogP contribution in [0, 0.1) is 17.1 Å². The lowest BCUT2D eigenvalue weighted by atomic mass is 10.1. The summed E-state index contributed by atoms with van der Waals surface area (Å²) in [6, 6.07) is 12.4. The molecule has 0 radical (unpaired) electrons. The van der Waals surface area contributed by atoms with Crippen LogP contribution in [0.3, 0.4) is 0 Å². The van der Waals surface area contributed by atoms with E-state index < -0.39 is 0 Å². The summed E-state index contributed by atoms with van der Waals surface area (Å²) in [6.07, 6.45) is 1.80. The second kappa shape index (κ2) is 10.1. The number of hydrogen-bond acceptors (Lipinski definition) is 4. The van der Waals surface area contributed by atoms with Crippen LogP contribution in [0.25, 0.3) is 0 Å². The molecule has 1 aliphatic heterocycles. The van der Waals surface area contributed by atoms with Gasteiger partial charge >= 0.3 is 0 Å². The Labute approximate surface area is 175 Å². The average molecular weight is 480 g/mol. The number of nitriles is 1. The van der Waals surface area contributed by atoms with Gasteiger partial charge in [0.15, 0.2) is 5.96 Å². The van der Waals surface area contributed by atoms with Gasteiger partial charge in [-0.1, -0.05) is 12.1 Å².